The second kappa shape index (κ2) is 5.34. The molecular weight excluding hydrogens is 269 g/mol. The molecule has 0 spiro atoms. The van der Waals surface area contributed by atoms with Crippen molar-refractivity contribution in [1.82, 2.24) is 4.90 Å². The first-order chi connectivity index (χ1) is 7.59. The maximum Gasteiger partial charge on any atom is 0.330 e. The molecule has 0 amide bonds. The Labute approximate surface area is 101 Å². The number of piperidine rings is 1. The first kappa shape index (κ1) is 15.1. The largest absolute Gasteiger partial charge is 0.330 e. The van der Waals surface area contributed by atoms with Gasteiger partial charge >= 0.3 is 7.60 Å². The molecule has 1 aliphatic rings. The molecule has 1 saturated heterocycles. The van der Waals surface area contributed by atoms with Crippen LogP contribution >= 0.6 is 7.60 Å². The summed E-state index contributed by atoms with van der Waals surface area (Å²) in [5, 5.41) is 0. The molecule has 2 unspecified atom stereocenters. The summed E-state index contributed by atoms with van der Waals surface area (Å²) in [7, 11) is -7.10. The smallest absolute Gasteiger partial charge is 0.324 e. The molecule has 102 valence electrons. The van der Waals surface area contributed by atoms with Crippen LogP contribution in [0, 0.1) is 5.92 Å². The van der Waals surface area contributed by atoms with Crippen LogP contribution in [-0.4, -0.2) is 59.2 Å². The van der Waals surface area contributed by atoms with Crippen LogP contribution in [-0.2, 0) is 14.7 Å². The van der Waals surface area contributed by atoms with Gasteiger partial charge in [-0.1, -0.05) is 0 Å². The molecule has 0 aromatic carbocycles. The van der Waals surface area contributed by atoms with Gasteiger partial charge in [-0.3, -0.25) is 9.12 Å². The van der Waals surface area contributed by atoms with Crippen molar-refractivity contribution in [2.24, 2.45) is 5.92 Å². The third-order valence-electron chi connectivity index (χ3n) is 3.02. The lowest BCUT2D eigenvalue weighted by atomic mass is 9.95. The average Bonchev–Trinajstić information content (AvgIpc) is 2.11. The predicted molar refractivity (Wildman–Crippen MR) is 62.5 cm³/mol. The summed E-state index contributed by atoms with van der Waals surface area (Å²) in [4.78, 5) is 20.3. The van der Waals surface area contributed by atoms with Crippen molar-refractivity contribution >= 4 is 17.7 Å². The quantitative estimate of drug-likeness (QED) is 0.483. The topological polar surface area (TPSA) is 115 Å². The molecule has 3 N–H and O–H groups in total. The lowest BCUT2D eigenvalue weighted by Crippen LogP contribution is -2.40. The van der Waals surface area contributed by atoms with Crippen LogP contribution in [0.1, 0.15) is 12.8 Å². The van der Waals surface area contributed by atoms with Crippen LogP contribution in [0.4, 0.5) is 0 Å². The first-order valence-electron chi connectivity index (χ1n) is 5.28. The Balaban J connectivity index is 2.87. The Morgan fingerprint density at radius 1 is 1.47 bits per heavy atom. The van der Waals surface area contributed by atoms with Gasteiger partial charge in [0.1, 0.15) is 0 Å². The maximum absolute atomic E-state index is 11.3. The van der Waals surface area contributed by atoms with Gasteiger partial charge in [0.25, 0.3) is 10.1 Å². The Morgan fingerprint density at radius 2 is 2.06 bits per heavy atom. The highest BCUT2D eigenvalue weighted by atomic mass is 32.2. The minimum absolute atomic E-state index is 0.406. The molecule has 1 aliphatic heterocycles. The molecule has 7 nitrogen and oxygen atoms in total. The van der Waals surface area contributed by atoms with E-state index in [9.17, 15) is 22.8 Å². The van der Waals surface area contributed by atoms with Gasteiger partial charge < -0.3 is 14.7 Å². The van der Waals surface area contributed by atoms with Gasteiger partial charge in [-0.15, -0.1) is 0 Å². The normalized spacial score (nSPS) is 25.8. The van der Waals surface area contributed by atoms with Gasteiger partial charge in [-0.25, -0.2) is 0 Å². The van der Waals surface area contributed by atoms with Gasteiger partial charge in [-0.2, -0.15) is 8.42 Å². The van der Waals surface area contributed by atoms with E-state index in [0.717, 1.165) is 13.0 Å². The van der Waals surface area contributed by atoms with E-state index in [1.807, 2.05) is 11.9 Å². The molecule has 1 heterocycles. The highest BCUT2D eigenvalue weighted by Crippen LogP contribution is 2.47. The van der Waals surface area contributed by atoms with Crippen molar-refractivity contribution in [1.29, 1.82) is 0 Å². The average molecular weight is 287 g/mol. The standard InChI is InChI=1S/C8H18NO6PS/c1-9-4-2-3-7(5-9)8(16(10,11)12)6-17(13,14)15/h7-8H,2-6H2,1H3,(H2,10,11,12)(H,13,14,15). The molecule has 1 fully saturated rings. The van der Waals surface area contributed by atoms with E-state index in [2.05, 4.69) is 0 Å². The first-order valence-corrected chi connectivity index (χ1v) is 8.57. The fraction of sp³-hybridized carbons (Fsp3) is 1.00. The van der Waals surface area contributed by atoms with E-state index in [1.165, 1.54) is 0 Å². The highest BCUT2D eigenvalue weighted by molar-refractivity contribution is 7.86. The Hall–Kier alpha value is 0.0200. The Bertz CT molecular complexity index is 404. The minimum Gasteiger partial charge on any atom is -0.324 e. The third-order valence-corrected chi connectivity index (χ3v) is 5.51. The summed E-state index contributed by atoms with van der Waals surface area (Å²) in [5.74, 6) is -1.29. The van der Waals surface area contributed by atoms with Gasteiger partial charge in [0, 0.05) is 6.54 Å². The molecule has 0 radical (unpaired) electrons. The van der Waals surface area contributed by atoms with Crippen molar-refractivity contribution in [3.63, 3.8) is 0 Å². The molecule has 0 saturated carbocycles. The summed E-state index contributed by atoms with van der Waals surface area (Å²) in [6.07, 6.45) is 1.33. The van der Waals surface area contributed by atoms with Gasteiger partial charge in [-0.05, 0) is 32.4 Å². The number of likely N-dealkylation sites (tertiary alicyclic amines) is 1. The second-order valence-corrected chi connectivity index (χ2v) is 7.91. The number of hydrogen-bond acceptors (Lipinski definition) is 4. The van der Waals surface area contributed by atoms with Crippen LogP contribution in [0.25, 0.3) is 0 Å². The summed E-state index contributed by atoms with van der Waals surface area (Å²) >= 11 is 0. The van der Waals surface area contributed by atoms with Crippen molar-refractivity contribution in [2.75, 3.05) is 25.9 Å². The van der Waals surface area contributed by atoms with E-state index in [0.29, 0.717) is 13.0 Å². The molecular formula is C8H18NO6PS. The fourth-order valence-electron chi connectivity index (χ4n) is 2.24. The van der Waals surface area contributed by atoms with E-state index >= 15 is 0 Å². The third kappa shape index (κ3) is 5.03. The predicted octanol–water partition coefficient (Wildman–Crippen LogP) is -0.238. The Kier molecular flexibility index (Phi) is 4.73. The molecule has 17 heavy (non-hydrogen) atoms. The fourth-order valence-corrected chi connectivity index (χ4v) is 5.08. The molecule has 9 heteroatoms. The lowest BCUT2D eigenvalue weighted by Gasteiger charge is -2.34. The van der Waals surface area contributed by atoms with Crippen LogP contribution in [0.2, 0.25) is 0 Å². The summed E-state index contributed by atoms with van der Waals surface area (Å²) in [6, 6.07) is 0. The van der Waals surface area contributed by atoms with Crippen molar-refractivity contribution in [2.45, 2.75) is 18.5 Å². The van der Waals surface area contributed by atoms with Gasteiger partial charge in [0.15, 0.2) is 0 Å². The molecule has 0 bridgehead atoms. The minimum atomic E-state index is -4.53. The molecule has 0 aromatic rings. The van der Waals surface area contributed by atoms with Crippen molar-refractivity contribution < 1.29 is 27.3 Å². The zero-order valence-electron chi connectivity index (χ0n) is 9.56. The molecule has 0 aliphatic carbocycles. The monoisotopic (exact) mass is 287 g/mol. The van der Waals surface area contributed by atoms with Crippen LogP contribution in [0.5, 0.6) is 0 Å². The SMILES string of the molecule is CN1CCCC(C(CS(=O)(=O)O)P(=O)(O)O)C1. The van der Waals surface area contributed by atoms with E-state index in [4.69, 9.17) is 4.55 Å². The van der Waals surface area contributed by atoms with Gasteiger partial charge in [0.05, 0.1) is 11.4 Å². The van der Waals surface area contributed by atoms with E-state index in [-0.39, 0.29) is 0 Å². The molecule has 0 aromatic heterocycles. The number of nitrogens with zero attached hydrogens (tertiary/aromatic N) is 1. The van der Waals surface area contributed by atoms with Crippen LogP contribution in [0.15, 0.2) is 0 Å². The lowest BCUT2D eigenvalue weighted by molar-refractivity contribution is 0.197. The van der Waals surface area contributed by atoms with Crippen LogP contribution < -0.4 is 0 Å². The maximum atomic E-state index is 11.3. The number of rotatable bonds is 4. The summed E-state index contributed by atoms with van der Waals surface area (Å²) in [5.41, 5.74) is -1.32. The summed E-state index contributed by atoms with van der Waals surface area (Å²) in [6.45, 7) is 1.27. The highest BCUT2D eigenvalue weighted by Gasteiger charge is 2.40. The van der Waals surface area contributed by atoms with Crippen LogP contribution in [0.3, 0.4) is 0 Å². The zero-order valence-corrected chi connectivity index (χ0v) is 11.3. The second-order valence-electron chi connectivity index (χ2n) is 4.57. The summed E-state index contributed by atoms with van der Waals surface area (Å²) < 4.78 is 41.7. The molecule has 2 atom stereocenters. The Morgan fingerprint density at radius 3 is 2.47 bits per heavy atom. The van der Waals surface area contributed by atoms with Crippen molar-refractivity contribution in [3.8, 4) is 0 Å². The molecule has 1 rings (SSSR count). The van der Waals surface area contributed by atoms with Crippen molar-refractivity contribution in [3.05, 3.63) is 0 Å². The number of hydrogen-bond donors (Lipinski definition) is 3. The van der Waals surface area contributed by atoms with E-state index < -0.39 is 35.0 Å². The zero-order chi connectivity index (χ0) is 13.3. The van der Waals surface area contributed by atoms with E-state index in [1.54, 1.807) is 0 Å². The van der Waals surface area contributed by atoms with Gasteiger partial charge in [0.2, 0.25) is 0 Å².